The highest BCUT2D eigenvalue weighted by atomic mass is 35.5. The average molecular weight is 486 g/mol. The van der Waals surface area contributed by atoms with Gasteiger partial charge >= 0.3 is 0 Å². The second-order valence-electron chi connectivity index (χ2n) is 9.31. The van der Waals surface area contributed by atoms with Crippen molar-refractivity contribution >= 4 is 17.5 Å². The van der Waals surface area contributed by atoms with E-state index in [1.807, 2.05) is 59.5 Å². The Morgan fingerprint density at radius 1 is 0.943 bits per heavy atom. The van der Waals surface area contributed by atoms with E-state index in [0.717, 1.165) is 29.5 Å². The predicted octanol–water partition coefficient (Wildman–Crippen LogP) is 5.77. The number of piperidine rings is 1. The Morgan fingerprint density at radius 2 is 1.60 bits per heavy atom. The third-order valence-electron chi connectivity index (χ3n) is 6.94. The monoisotopic (exact) mass is 485 g/mol. The summed E-state index contributed by atoms with van der Waals surface area (Å²) in [6.45, 7) is 3.36. The lowest BCUT2D eigenvalue weighted by Gasteiger charge is -2.40. The minimum atomic E-state index is -0.385. The second-order valence-corrected chi connectivity index (χ2v) is 9.74. The summed E-state index contributed by atoms with van der Waals surface area (Å²) < 4.78 is 5.69. The summed E-state index contributed by atoms with van der Waals surface area (Å²) in [4.78, 5) is 19.8. The number of halogens is 1. The number of benzene rings is 3. The number of hydrogen-bond donors (Lipinski definition) is 0. The molecule has 35 heavy (non-hydrogen) atoms. The van der Waals surface area contributed by atoms with Crippen LogP contribution in [0.3, 0.4) is 0 Å². The third-order valence-corrected chi connectivity index (χ3v) is 7.19. The van der Waals surface area contributed by atoms with Crippen molar-refractivity contribution in [1.29, 1.82) is 0 Å². The van der Waals surface area contributed by atoms with E-state index in [-0.39, 0.29) is 11.3 Å². The molecule has 6 heteroatoms. The molecule has 1 fully saturated rings. The van der Waals surface area contributed by atoms with Gasteiger partial charge < -0.3 is 9.42 Å². The first kappa shape index (κ1) is 23.3. The Bertz CT molecular complexity index is 1280. The molecular weight excluding hydrogens is 458 g/mol. The van der Waals surface area contributed by atoms with Crippen LogP contribution in [0.2, 0.25) is 5.02 Å². The van der Waals surface area contributed by atoms with E-state index in [2.05, 4.69) is 36.3 Å². The van der Waals surface area contributed by atoms with Crippen molar-refractivity contribution in [2.45, 2.75) is 38.0 Å². The van der Waals surface area contributed by atoms with E-state index in [9.17, 15) is 4.79 Å². The van der Waals surface area contributed by atoms with Gasteiger partial charge in [0.15, 0.2) is 5.82 Å². The summed E-state index contributed by atoms with van der Waals surface area (Å²) in [5.74, 6) is 1.43. The van der Waals surface area contributed by atoms with Crippen LogP contribution in [0.25, 0.3) is 0 Å². The van der Waals surface area contributed by atoms with Gasteiger partial charge in [0.05, 0.1) is 18.3 Å². The van der Waals surface area contributed by atoms with Crippen molar-refractivity contribution < 1.29 is 9.32 Å². The first-order chi connectivity index (χ1) is 17.0. The molecule has 2 heterocycles. The summed E-state index contributed by atoms with van der Waals surface area (Å²) in [7, 11) is 0. The van der Waals surface area contributed by atoms with Crippen LogP contribution in [0.1, 0.15) is 46.8 Å². The van der Waals surface area contributed by atoms with E-state index >= 15 is 0 Å². The fourth-order valence-corrected chi connectivity index (χ4v) is 4.95. The van der Waals surface area contributed by atoms with Gasteiger partial charge in [0, 0.05) is 18.1 Å². The molecule has 0 aliphatic carbocycles. The fourth-order valence-electron chi connectivity index (χ4n) is 4.83. The van der Waals surface area contributed by atoms with E-state index in [1.165, 1.54) is 5.56 Å². The van der Waals surface area contributed by atoms with Gasteiger partial charge in [-0.2, -0.15) is 4.98 Å². The SMILES string of the molecule is Cc1ccc(CC(=O)N2CCC(c3ccccc3)(c3noc(Cc4ccc(Cl)cc4)n3)CC2)cc1. The number of amides is 1. The molecule has 5 rings (SSSR count). The van der Waals surface area contributed by atoms with Crippen LogP contribution < -0.4 is 0 Å². The molecule has 0 N–H and O–H groups in total. The maximum atomic E-state index is 13.0. The molecule has 0 atom stereocenters. The van der Waals surface area contributed by atoms with E-state index in [4.69, 9.17) is 21.1 Å². The molecular formula is C29H28ClN3O2. The van der Waals surface area contributed by atoms with Gasteiger partial charge in [-0.3, -0.25) is 4.79 Å². The molecule has 3 aromatic carbocycles. The second kappa shape index (κ2) is 10.0. The van der Waals surface area contributed by atoms with Crippen molar-refractivity contribution in [3.05, 3.63) is 118 Å². The number of carbonyl (C=O) groups is 1. The number of aryl methyl sites for hydroxylation is 1. The van der Waals surface area contributed by atoms with Crippen LogP contribution in [0.4, 0.5) is 0 Å². The number of likely N-dealkylation sites (tertiary alicyclic amines) is 1. The quantitative estimate of drug-likeness (QED) is 0.347. The number of nitrogens with zero attached hydrogens (tertiary/aromatic N) is 3. The van der Waals surface area contributed by atoms with Gasteiger partial charge in [0.25, 0.3) is 0 Å². The highest BCUT2D eigenvalue weighted by Gasteiger charge is 2.42. The zero-order chi connectivity index (χ0) is 24.3. The summed E-state index contributed by atoms with van der Waals surface area (Å²) >= 11 is 6.01. The van der Waals surface area contributed by atoms with Gasteiger partial charge in [-0.1, -0.05) is 89.1 Å². The summed E-state index contributed by atoms with van der Waals surface area (Å²) in [6.07, 6.45) is 2.47. The number of aromatic nitrogens is 2. The number of rotatable bonds is 6. The molecule has 0 spiro atoms. The normalized spacial score (nSPS) is 15.2. The van der Waals surface area contributed by atoms with Crippen LogP contribution in [-0.4, -0.2) is 34.0 Å². The maximum Gasteiger partial charge on any atom is 0.231 e. The smallest absolute Gasteiger partial charge is 0.231 e. The van der Waals surface area contributed by atoms with Crippen molar-refractivity contribution in [2.75, 3.05) is 13.1 Å². The van der Waals surface area contributed by atoms with Gasteiger partial charge in [0.1, 0.15) is 0 Å². The average Bonchev–Trinajstić information content (AvgIpc) is 3.36. The molecule has 178 valence electrons. The molecule has 0 radical (unpaired) electrons. The largest absolute Gasteiger partial charge is 0.342 e. The lowest BCUT2D eigenvalue weighted by molar-refractivity contribution is -0.131. The van der Waals surface area contributed by atoms with Crippen molar-refractivity contribution in [1.82, 2.24) is 15.0 Å². The van der Waals surface area contributed by atoms with Gasteiger partial charge in [0.2, 0.25) is 11.8 Å². The lowest BCUT2D eigenvalue weighted by atomic mass is 9.72. The molecule has 0 bridgehead atoms. The highest BCUT2D eigenvalue weighted by molar-refractivity contribution is 6.30. The Kier molecular flexibility index (Phi) is 6.69. The van der Waals surface area contributed by atoms with Gasteiger partial charge in [-0.25, -0.2) is 0 Å². The molecule has 1 aromatic heterocycles. The highest BCUT2D eigenvalue weighted by Crippen LogP contribution is 2.40. The van der Waals surface area contributed by atoms with E-state index < -0.39 is 0 Å². The summed E-state index contributed by atoms with van der Waals surface area (Å²) in [6, 6.07) is 26.2. The van der Waals surface area contributed by atoms with Crippen LogP contribution in [0, 0.1) is 6.92 Å². The zero-order valence-electron chi connectivity index (χ0n) is 19.8. The molecule has 1 aliphatic heterocycles. The Hall–Kier alpha value is -3.44. The van der Waals surface area contributed by atoms with E-state index in [1.54, 1.807) is 0 Å². The Balaban J connectivity index is 1.34. The Labute approximate surface area is 210 Å². The molecule has 0 saturated carbocycles. The molecule has 0 unspecified atom stereocenters. The van der Waals surface area contributed by atoms with E-state index in [0.29, 0.717) is 42.7 Å². The predicted molar refractivity (Wildman–Crippen MR) is 136 cm³/mol. The summed E-state index contributed by atoms with van der Waals surface area (Å²) in [5, 5.41) is 5.13. The molecule has 4 aromatic rings. The standard InChI is InChI=1S/C29H28ClN3O2/c1-21-7-9-23(10-8-21)20-27(34)33-17-15-29(16-18-33,24-5-3-2-4-6-24)28-31-26(35-32-28)19-22-11-13-25(30)14-12-22/h2-14H,15-20H2,1H3. The molecule has 1 aliphatic rings. The maximum absolute atomic E-state index is 13.0. The van der Waals surface area contributed by atoms with Crippen LogP contribution in [0.15, 0.2) is 83.4 Å². The molecule has 1 saturated heterocycles. The fraction of sp³-hybridized carbons (Fsp3) is 0.276. The zero-order valence-corrected chi connectivity index (χ0v) is 20.5. The lowest BCUT2D eigenvalue weighted by Crippen LogP contribution is -2.46. The Morgan fingerprint density at radius 3 is 2.29 bits per heavy atom. The van der Waals surface area contributed by atoms with Gasteiger partial charge in [-0.15, -0.1) is 0 Å². The van der Waals surface area contributed by atoms with Crippen LogP contribution in [-0.2, 0) is 23.1 Å². The topological polar surface area (TPSA) is 59.2 Å². The van der Waals surface area contributed by atoms with Crippen molar-refractivity contribution in [3.8, 4) is 0 Å². The van der Waals surface area contributed by atoms with Crippen molar-refractivity contribution in [3.63, 3.8) is 0 Å². The summed E-state index contributed by atoms with van der Waals surface area (Å²) in [5.41, 5.74) is 4.08. The minimum Gasteiger partial charge on any atom is -0.342 e. The number of carbonyl (C=O) groups excluding carboxylic acids is 1. The van der Waals surface area contributed by atoms with Crippen LogP contribution in [0.5, 0.6) is 0 Å². The first-order valence-corrected chi connectivity index (χ1v) is 12.4. The number of hydrogen-bond acceptors (Lipinski definition) is 4. The van der Waals surface area contributed by atoms with Gasteiger partial charge in [-0.05, 0) is 48.6 Å². The molecule has 1 amide bonds. The van der Waals surface area contributed by atoms with Crippen LogP contribution >= 0.6 is 11.6 Å². The van der Waals surface area contributed by atoms with Crippen molar-refractivity contribution in [2.24, 2.45) is 0 Å². The first-order valence-electron chi connectivity index (χ1n) is 12.0. The minimum absolute atomic E-state index is 0.159. The third kappa shape index (κ3) is 5.15. The molecule has 5 nitrogen and oxygen atoms in total.